The molecular weight excluding hydrogens is 166 g/mol. The number of rotatable bonds is 2. The van der Waals surface area contributed by atoms with Crippen LogP contribution in [0.4, 0.5) is 0 Å². The lowest BCUT2D eigenvalue weighted by Crippen LogP contribution is -2.22. The molecule has 3 heteroatoms. The Kier molecular flexibility index (Phi) is 2.90. The van der Waals surface area contributed by atoms with E-state index >= 15 is 0 Å². The summed E-state index contributed by atoms with van der Waals surface area (Å²) in [6, 6.07) is 4.75. The minimum Gasteiger partial charge on any atom is -0.508 e. The van der Waals surface area contributed by atoms with Gasteiger partial charge in [-0.05, 0) is 31.0 Å². The van der Waals surface area contributed by atoms with Gasteiger partial charge in [-0.25, -0.2) is 0 Å². The van der Waals surface area contributed by atoms with E-state index in [-0.39, 0.29) is 5.75 Å². The van der Waals surface area contributed by atoms with Gasteiger partial charge in [0.25, 0.3) is 0 Å². The maximum absolute atomic E-state index is 9.39. The van der Waals surface area contributed by atoms with E-state index in [0.29, 0.717) is 0 Å². The first kappa shape index (κ1) is 10.0. The van der Waals surface area contributed by atoms with Crippen molar-refractivity contribution in [2.75, 3.05) is 0 Å². The van der Waals surface area contributed by atoms with Crippen molar-refractivity contribution < 1.29 is 10.2 Å². The van der Waals surface area contributed by atoms with Crippen molar-refractivity contribution in [3.63, 3.8) is 0 Å². The van der Waals surface area contributed by atoms with Gasteiger partial charge in [0.15, 0.2) is 0 Å². The molecule has 3 nitrogen and oxygen atoms in total. The average Bonchev–Trinajstić information content (AvgIpc) is 2.08. The number of phenolic OH excluding ortho intramolecular Hbond substituents is 1. The fourth-order valence-corrected chi connectivity index (χ4v) is 1.11. The van der Waals surface area contributed by atoms with Crippen molar-refractivity contribution in [3.05, 3.63) is 29.3 Å². The zero-order chi connectivity index (χ0) is 10.0. The molecule has 2 atom stereocenters. The molecule has 0 fully saturated rings. The smallest absolute Gasteiger partial charge is 0.118 e. The van der Waals surface area contributed by atoms with E-state index in [2.05, 4.69) is 0 Å². The Labute approximate surface area is 77.8 Å². The molecule has 0 bridgehead atoms. The van der Waals surface area contributed by atoms with E-state index in [0.717, 1.165) is 11.1 Å². The van der Waals surface area contributed by atoms with Crippen molar-refractivity contribution in [1.29, 1.82) is 0 Å². The van der Waals surface area contributed by atoms with Gasteiger partial charge in [-0.3, -0.25) is 0 Å². The summed E-state index contributed by atoms with van der Waals surface area (Å²) >= 11 is 0. The number of aromatic hydroxyl groups is 1. The molecule has 0 radical (unpaired) electrons. The lowest BCUT2D eigenvalue weighted by atomic mass is 10.0. The summed E-state index contributed by atoms with van der Waals surface area (Å²) < 4.78 is 0. The van der Waals surface area contributed by atoms with Crippen molar-refractivity contribution >= 4 is 0 Å². The summed E-state index contributed by atoms with van der Waals surface area (Å²) in [5, 5.41) is 18.6. The zero-order valence-electron chi connectivity index (χ0n) is 7.86. The molecule has 4 N–H and O–H groups in total. The number of nitrogens with two attached hydrogens (primary N) is 1. The van der Waals surface area contributed by atoms with Gasteiger partial charge in [0.2, 0.25) is 0 Å². The van der Waals surface area contributed by atoms with Gasteiger partial charge >= 0.3 is 0 Å². The van der Waals surface area contributed by atoms with E-state index in [1.807, 2.05) is 13.0 Å². The predicted molar refractivity (Wildman–Crippen MR) is 51.5 cm³/mol. The van der Waals surface area contributed by atoms with Crippen LogP contribution >= 0.6 is 0 Å². The SMILES string of the molecule is Cc1ccc([C@@H](N)[C@H](C)O)cc1O. The third kappa shape index (κ3) is 2.20. The summed E-state index contributed by atoms with van der Waals surface area (Å²) in [6.07, 6.45) is -0.609. The number of aliphatic hydroxyl groups excluding tert-OH is 1. The highest BCUT2D eigenvalue weighted by atomic mass is 16.3. The molecule has 1 rings (SSSR count). The Hall–Kier alpha value is -1.06. The predicted octanol–water partition coefficient (Wildman–Crippen LogP) is 1.08. The normalized spacial score (nSPS) is 15.4. The second-order valence-electron chi connectivity index (χ2n) is 3.31. The minimum absolute atomic E-state index is 0.216. The fourth-order valence-electron chi connectivity index (χ4n) is 1.11. The number of aliphatic hydroxyl groups is 1. The zero-order valence-corrected chi connectivity index (χ0v) is 7.86. The molecule has 13 heavy (non-hydrogen) atoms. The van der Waals surface area contributed by atoms with Crippen LogP contribution in [0.25, 0.3) is 0 Å². The maximum atomic E-state index is 9.39. The quantitative estimate of drug-likeness (QED) is 0.639. The third-order valence-electron chi connectivity index (χ3n) is 2.14. The van der Waals surface area contributed by atoms with E-state index in [1.54, 1.807) is 19.1 Å². The lowest BCUT2D eigenvalue weighted by Gasteiger charge is -2.15. The Morgan fingerprint density at radius 2 is 2.00 bits per heavy atom. The number of hydrogen-bond donors (Lipinski definition) is 3. The number of phenols is 1. The van der Waals surface area contributed by atoms with Crippen LogP contribution in [-0.2, 0) is 0 Å². The highest BCUT2D eigenvalue weighted by Crippen LogP contribution is 2.22. The lowest BCUT2D eigenvalue weighted by molar-refractivity contribution is 0.164. The standard InChI is InChI=1S/C10H15NO2/c1-6-3-4-8(5-9(6)13)10(11)7(2)12/h3-5,7,10,12-13H,11H2,1-2H3/t7-,10-/m0/s1. The van der Waals surface area contributed by atoms with Gasteiger partial charge in [0.05, 0.1) is 12.1 Å². The largest absolute Gasteiger partial charge is 0.508 e. The number of aryl methyl sites for hydroxylation is 1. The molecule has 0 saturated carbocycles. The molecule has 1 aromatic rings. The van der Waals surface area contributed by atoms with Gasteiger partial charge in [0, 0.05) is 0 Å². The molecule has 0 aliphatic rings. The Bertz CT molecular complexity index is 297. The highest BCUT2D eigenvalue weighted by Gasteiger charge is 2.12. The summed E-state index contributed by atoms with van der Waals surface area (Å²) in [6.45, 7) is 3.44. The number of hydrogen-bond acceptors (Lipinski definition) is 3. The molecule has 0 spiro atoms. The minimum atomic E-state index is -0.609. The Balaban J connectivity index is 2.97. The van der Waals surface area contributed by atoms with Crippen LogP contribution in [0.2, 0.25) is 0 Å². The van der Waals surface area contributed by atoms with E-state index < -0.39 is 12.1 Å². The third-order valence-corrected chi connectivity index (χ3v) is 2.14. The van der Waals surface area contributed by atoms with E-state index in [9.17, 15) is 10.2 Å². The summed E-state index contributed by atoms with van der Waals surface area (Å²) in [4.78, 5) is 0. The molecule has 0 saturated heterocycles. The molecule has 0 aliphatic heterocycles. The van der Waals surface area contributed by atoms with Crippen LogP contribution in [0, 0.1) is 6.92 Å². The van der Waals surface area contributed by atoms with Crippen LogP contribution in [0.1, 0.15) is 24.1 Å². The van der Waals surface area contributed by atoms with Gasteiger partial charge in [-0.15, -0.1) is 0 Å². The molecule has 0 heterocycles. The topological polar surface area (TPSA) is 66.5 Å². The molecule has 0 aromatic heterocycles. The van der Waals surface area contributed by atoms with Gasteiger partial charge in [-0.2, -0.15) is 0 Å². The van der Waals surface area contributed by atoms with Crippen LogP contribution < -0.4 is 5.73 Å². The van der Waals surface area contributed by atoms with Gasteiger partial charge in [0.1, 0.15) is 5.75 Å². The Morgan fingerprint density at radius 3 is 2.46 bits per heavy atom. The first-order chi connectivity index (χ1) is 6.02. The second-order valence-corrected chi connectivity index (χ2v) is 3.31. The molecule has 0 amide bonds. The summed E-state index contributed by atoms with van der Waals surface area (Å²) in [5.74, 6) is 0.216. The van der Waals surface area contributed by atoms with E-state index in [4.69, 9.17) is 5.73 Å². The maximum Gasteiger partial charge on any atom is 0.118 e. The van der Waals surface area contributed by atoms with Crippen molar-refractivity contribution in [2.24, 2.45) is 5.73 Å². The second kappa shape index (κ2) is 3.77. The molecule has 0 aliphatic carbocycles. The van der Waals surface area contributed by atoms with Crippen LogP contribution in [0.15, 0.2) is 18.2 Å². The van der Waals surface area contributed by atoms with Crippen LogP contribution in [0.5, 0.6) is 5.75 Å². The van der Waals surface area contributed by atoms with Crippen molar-refractivity contribution in [2.45, 2.75) is 26.0 Å². The van der Waals surface area contributed by atoms with Crippen LogP contribution in [-0.4, -0.2) is 16.3 Å². The van der Waals surface area contributed by atoms with Crippen molar-refractivity contribution in [1.82, 2.24) is 0 Å². The van der Waals surface area contributed by atoms with Crippen molar-refractivity contribution in [3.8, 4) is 5.75 Å². The monoisotopic (exact) mass is 181 g/mol. The first-order valence-corrected chi connectivity index (χ1v) is 4.25. The van der Waals surface area contributed by atoms with E-state index in [1.165, 1.54) is 0 Å². The summed E-state index contributed by atoms with van der Waals surface area (Å²) in [7, 11) is 0. The first-order valence-electron chi connectivity index (χ1n) is 4.25. The fraction of sp³-hybridized carbons (Fsp3) is 0.400. The molecular formula is C10H15NO2. The van der Waals surface area contributed by atoms with Gasteiger partial charge < -0.3 is 15.9 Å². The van der Waals surface area contributed by atoms with Crippen LogP contribution in [0.3, 0.4) is 0 Å². The van der Waals surface area contributed by atoms with Gasteiger partial charge in [-0.1, -0.05) is 12.1 Å². The molecule has 1 aromatic carbocycles. The average molecular weight is 181 g/mol. The highest BCUT2D eigenvalue weighted by molar-refractivity contribution is 5.36. The molecule has 72 valence electrons. The number of benzene rings is 1. The molecule has 0 unspecified atom stereocenters. The Morgan fingerprint density at radius 1 is 1.38 bits per heavy atom. The summed E-state index contributed by atoms with van der Waals surface area (Å²) in [5.41, 5.74) is 7.25.